The number of halogens is 2. The van der Waals surface area contributed by atoms with Crippen molar-refractivity contribution in [2.75, 3.05) is 25.5 Å². The molecule has 3 rings (SSSR count). The summed E-state index contributed by atoms with van der Waals surface area (Å²) in [6.07, 6.45) is 4.21. The van der Waals surface area contributed by atoms with Gasteiger partial charge in [0.25, 0.3) is 0 Å². The molecule has 1 aromatic carbocycles. The first-order valence-corrected chi connectivity index (χ1v) is 8.93. The van der Waals surface area contributed by atoms with Gasteiger partial charge in [-0.05, 0) is 62.5 Å². The molecule has 28 heavy (non-hydrogen) atoms. The lowest BCUT2D eigenvalue weighted by molar-refractivity contribution is -0.116. The number of hydrogen-bond acceptors (Lipinski definition) is 5. The quantitative estimate of drug-likeness (QED) is 0.686. The Labute approximate surface area is 178 Å². The van der Waals surface area contributed by atoms with Crippen molar-refractivity contribution in [1.29, 1.82) is 0 Å². The molecule has 1 aromatic heterocycles. The average molecular weight is 428 g/mol. The standard InChI is InChI=1S/C20H25N3O3.2ClH/c1-14-3-6-17(18(11-14)25-2)26-20-8-5-16(13-22-20)23-19(24)7-4-15-9-10-21-12-15;;/h3,5-6,8,11,13,15,21H,4,7,9-10,12H2,1-2H3,(H,23,24);2*1H. The number of anilines is 1. The molecule has 2 aromatic rings. The highest BCUT2D eigenvalue weighted by Gasteiger charge is 2.15. The molecule has 1 fully saturated rings. The van der Waals surface area contributed by atoms with E-state index in [1.165, 1.54) is 0 Å². The molecule has 0 aliphatic carbocycles. The topological polar surface area (TPSA) is 72.5 Å². The van der Waals surface area contributed by atoms with E-state index in [4.69, 9.17) is 9.47 Å². The Balaban J connectivity index is 0.00000196. The number of pyridine rings is 1. The van der Waals surface area contributed by atoms with Gasteiger partial charge in [0, 0.05) is 12.5 Å². The van der Waals surface area contributed by atoms with Crippen molar-refractivity contribution >= 4 is 36.4 Å². The van der Waals surface area contributed by atoms with E-state index in [1.807, 2.05) is 25.1 Å². The van der Waals surface area contributed by atoms with Crippen molar-refractivity contribution in [1.82, 2.24) is 10.3 Å². The highest BCUT2D eigenvalue weighted by molar-refractivity contribution is 5.90. The fourth-order valence-electron chi connectivity index (χ4n) is 3.01. The second kappa shape index (κ2) is 11.7. The average Bonchev–Trinajstić information content (AvgIpc) is 3.16. The summed E-state index contributed by atoms with van der Waals surface area (Å²) in [7, 11) is 1.61. The second-order valence-electron chi connectivity index (χ2n) is 6.59. The van der Waals surface area contributed by atoms with Gasteiger partial charge in [0.2, 0.25) is 11.8 Å². The number of aromatic nitrogens is 1. The Kier molecular flexibility index (Phi) is 10.1. The number of methoxy groups -OCH3 is 1. The maximum atomic E-state index is 12.1. The van der Waals surface area contributed by atoms with Gasteiger partial charge in [0.1, 0.15) is 0 Å². The molecule has 0 bridgehead atoms. The van der Waals surface area contributed by atoms with Crippen LogP contribution in [0.5, 0.6) is 17.4 Å². The first kappa shape index (κ1) is 24.0. The van der Waals surface area contributed by atoms with Gasteiger partial charge in [0.15, 0.2) is 11.5 Å². The van der Waals surface area contributed by atoms with Gasteiger partial charge >= 0.3 is 0 Å². The van der Waals surface area contributed by atoms with Crippen LogP contribution in [0.1, 0.15) is 24.8 Å². The van der Waals surface area contributed by atoms with Gasteiger partial charge in [-0.2, -0.15) is 0 Å². The van der Waals surface area contributed by atoms with E-state index in [0.717, 1.165) is 31.5 Å². The van der Waals surface area contributed by atoms with Gasteiger partial charge in [-0.15, -0.1) is 24.8 Å². The number of rotatable bonds is 7. The van der Waals surface area contributed by atoms with E-state index in [9.17, 15) is 4.79 Å². The summed E-state index contributed by atoms with van der Waals surface area (Å²) >= 11 is 0. The number of benzene rings is 1. The lowest BCUT2D eigenvalue weighted by Gasteiger charge is -2.11. The Morgan fingerprint density at radius 2 is 2.07 bits per heavy atom. The highest BCUT2D eigenvalue weighted by Crippen LogP contribution is 2.31. The zero-order valence-electron chi connectivity index (χ0n) is 16.1. The summed E-state index contributed by atoms with van der Waals surface area (Å²) in [5, 5.41) is 6.20. The third-order valence-electron chi connectivity index (χ3n) is 4.50. The maximum Gasteiger partial charge on any atom is 0.224 e. The van der Waals surface area contributed by atoms with Crippen LogP contribution < -0.4 is 20.1 Å². The lowest BCUT2D eigenvalue weighted by Crippen LogP contribution is -2.15. The van der Waals surface area contributed by atoms with Crippen LogP contribution in [0.15, 0.2) is 36.5 Å². The number of nitrogens with one attached hydrogen (secondary N) is 2. The minimum absolute atomic E-state index is 0. The van der Waals surface area contributed by atoms with Crippen LogP contribution >= 0.6 is 24.8 Å². The van der Waals surface area contributed by atoms with Crippen molar-refractivity contribution in [3.63, 3.8) is 0 Å². The molecule has 1 aliphatic heterocycles. The third kappa shape index (κ3) is 6.86. The minimum Gasteiger partial charge on any atom is -0.493 e. The predicted molar refractivity (Wildman–Crippen MR) is 115 cm³/mol. The number of carbonyl (C=O) groups is 1. The molecule has 6 nitrogen and oxygen atoms in total. The molecule has 2 N–H and O–H groups in total. The molecule has 0 radical (unpaired) electrons. The van der Waals surface area contributed by atoms with Crippen LogP contribution in [0, 0.1) is 12.8 Å². The second-order valence-corrected chi connectivity index (χ2v) is 6.59. The van der Waals surface area contributed by atoms with Crippen molar-refractivity contribution < 1.29 is 14.3 Å². The summed E-state index contributed by atoms with van der Waals surface area (Å²) in [6, 6.07) is 9.23. The number of hydrogen-bond donors (Lipinski definition) is 2. The number of amides is 1. The third-order valence-corrected chi connectivity index (χ3v) is 4.50. The van der Waals surface area contributed by atoms with Gasteiger partial charge in [0.05, 0.1) is 19.0 Å². The van der Waals surface area contributed by atoms with E-state index in [0.29, 0.717) is 35.4 Å². The largest absolute Gasteiger partial charge is 0.493 e. The van der Waals surface area contributed by atoms with Crippen molar-refractivity contribution in [3.05, 3.63) is 42.1 Å². The Morgan fingerprint density at radius 3 is 2.71 bits per heavy atom. The molecular weight excluding hydrogens is 401 g/mol. The predicted octanol–water partition coefficient (Wildman–Crippen LogP) is 4.36. The van der Waals surface area contributed by atoms with E-state index in [1.54, 1.807) is 25.4 Å². The smallest absolute Gasteiger partial charge is 0.224 e. The van der Waals surface area contributed by atoms with Gasteiger partial charge in [-0.3, -0.25) is 4.79 Å². The summed E-state index contributed by atoms with van der Waals surface area (Å²) in [5.41, 5.74) is 1.76. The fraction of sp³-hybridized carbons (Fsp3) is 0.400. The molecule has 8 heteroatoms. The lowest BCUT2D eigenvalue weighted by atomic mass is 10.0. The molecule has 1 aliphatic rings. The molecule has 1 unspecified atom stereocenters. The minimum atomic E-state index is 0. The number of ether oxygens (including phenoxy) is 2. The first-order chi connectivity index (χ1) is 12.6. The van der Waals surface area contributed by atoms with E-state index in [-0.39, 0.29) is 30.7 Å². The number of nitrogens with zero attached hydrogens (tertiary/aromatic N) is 1. The molecule has 1 atom stereocenters. The van der Waals surface area contributed by atoms with Crippen LogP contribution in [0.3, 0.4) is 0 Å². The molecule has 0 spiro atoms. The zero-order valence-corrected chi connectivity index (χ0v) is 17.7. The molecule has 0 saturated carbocycles. The normalized spacial score (nSPS) is 15.1. The van der Waals surface area contributed by atoms with Gasteiger partial charge in [-0.25, -0.2) is 4.98 Å². The Hall–Kier alpha value is -2.02. The Bertz CT molecular complexity index is 751. The zero-order chi connectivity index (χ0) is 18.4. The highest BCUT2D eigenvalue weighted by atomic mass is 35.5. The molecule has 2 heterocycles. The van der Waals surface area contributed by atoms with Crippen LogP contribution in [0.25, 0.3) is 0 Å². The Morgan fingerprint density at radius 1 is 1.25 bits per heavy atom. The van der Waals surface area contributed by atoms with Crippen LogP contribution in [0.2, 0.25) is 0 Å². The number of carbonyl (C=O) groups excluding carboxylic acids is 1. The van der Waals surface area contributed by atoms with Crippen molar-refractivity contribution in [3.8, 4) is 17.4 Å². The molecule has 154 valence electrons. The van der Waals surface area contributed by atoms with Crippen LogP contribution in [-0.2, 0) is 4.79 Å². The van der Waals surface area contributed by atoms with E-state index in [2.05, 4.69) is 15.6 Å². The fourth-order valence-corrected chi connectivity index (χ4v) is 3.01. The first-order valence-electron chi connectivity index (χ1n) is 8.93. The summed E-state index contributed by atoms with van der Waals surface area (Å²) < 4.78 is 11.1. The maximum absolute atomic E-state index is 12.1. The summed E-state index contributed by atoms with van der Waals surface area (Å²) in [5.74, 6) is 2.34. The van der Waals surface area contributed by atoms with Gasteiger partial charge in [-0.1, -0.05) is 6.07 Å². The van der Waals surface area contributed by atoms with Crippen LogP contribution in [-0.4, -0.2) is 31.1 Å². The summed E-state index contributed by atoms with van der Waals surface area (Å²) in [6.45, 7) is 4.07. The molecule has 1 amide bonds. The van der Waals surface area contributed by atoms with E-state index >= 15 is 0 Å². The summed E-state index contributed by atoms with van der Waals surface area (Å²) in [4.78, 5) is 16.3. The van der Waals surface area contributed by atoms with Gasteiger partial charge < -0.3 is 20.1 Å². The SMILES string of the molecule is COc1cc(C)ccc1Oc1ccc(NC(=O)CCC2CCNC2)cn1.Cl.Cl. The van der Waals surface area contributed by atoms with Crippen molar-refractivity contribution in [2.45, 2.75) is 26.2 Å². The van der Waals surface area contributed by atoms with Crippen LogP contribution in [0.4, 0.5) is 5.69 Å². The monoisotopic (exact) mass is 427 g/mol. The molecule has 1 saturated heterocycles. The van der Waals surface area contributed by atoms with E-state index < -0.39 is 0 Å². The number of aryl methyl sites for hydroxylation is 1. The molecular formula is C20H27Cl2N3O3. The van der Waals surface area contributed by atoms with Crippen molar-refractivity contribution in [2.24, 2.45) is 5.92 Å².